The van der Waals surface area contributed by atoms with Gasteiger partial charge >= 0.3 is 12.1 Å². The highest BCUT2D eigenvalue weighted by atomic mass is 16.5. The molecule has 0 radical (unpaired) electrons. The molecule has 0 saturated heterocycles. The van der Waals surface area contributed by atoms with Gasteiger partial charge in [0.05, 0.1) is 12.9 Å². The van der Waals surface area contributed by atoms with Crippen LogP contribution in [0.4, 0.5) is 4.79 Å². The highest BCUT2D eigenvalue weighted by Crippen LogP contribution is 1.90. The molecule has 0 aromatic carbocycles. The number of aliphatic hydroxyl groups is 1. The predicted octanol–water partition coefficient (Wildman–Crippen LogP) is 0.495. The normalized spacial score (nSPS) is 7.87. The molecule has 0 fully saturated rings. The van der Waals surface area contributed by atoms with Crippen molar-refractivity contribution < 1.29 is 24.5 Å². The molecule has 1 amide bonds. The second-order valence-electron chi connectivity index (χ2n) is 2.31. The number of amides is 1. The van der Waals surface area contributed by atoms with Gasteiger partial charge in [0.1, 0.15) is 0 Å². The molecule has 0 aromatic rings. The van der Waals surface area contributed by atoms with Crippen LogP contribution in [0.5, 0.6) is 0 Å². The first-order valence-electron chi connectivity index (χ1n) is 4.00. The second-order valence-corrected chi connectivity index (χ2v) is 2.31. The molecular weight excluding hydrogens is 202 g/mol. The van der Waals surface area contributed by atoms with Crippen LogP contribution in [0.15, 0.2) is 25.0 Å². The molecule has 0 aromatic heterocycles. The van der Waals surface area contributed by atoms with Crippen LogP contribution in [0, 0.1) is 0 Å². The Morgan fingerprint density at radius 3 is 2.20 bits per heavy atom. The summed E-state index contributed by atoms with van der Waals surface area (Å²) in [6, 6.07) is 0. The van der Waals surface area contributed by atoms with Gasteiger partial charge in [-0.25, -0.2) is 9.59 Å². The number of carboxylic acid groups (broad SMARTS) is 1. The average molecular weight is 217 g/mol. The standard InChI is InChI=1S/C6H8O2.C3H7NO3/c1-4-8-6(7)5(2)3;5-2-1-4-3(6)7/h4H,1-2H2,3H3;4-5H,1-2H2,(H,6,7). The van der Waals surface area contributed by atoms with E-state index in [2.05, 4.69) is 17.9 Å². The zero-order valence-corrected chi connectivity index (χ0v) is 8.52. The molecule has 0 aliphatic heterocycles. The largest absolute Gasteiger partial charge is 0.465 e. The highest BCUT2D eigenvalue weighted by molar-refractivity contribution is 5.87. The van der Waals surface area contributed by atoms with Crippen LogP contribution >= 0.6 is 0 Å². The van der Waals surface area contributed by atoms with E-state index in [9.17, 15) is 9.59 Å². The van der Waals surface area contributed by atoms with E-state index in [1.54, 1.807) is 6.92 Å². The summed E-state index contributed by atoms with van der Waals surface area (Å²) < 4.78 is 4.33. The summed E-state index contributed by atoms with van der Waals surface area (Å²) in [5.41, 5.74) is 0.380. The minimum absolute atomic E-state index is 0.106. The van der Waals surface area contributed by atoms with E-state index in [1.807, 2.05) is 5.32 Å². The Kier molecular flexibility index (Phi) is 10.7. The lowest BCUT2D eigenvalue weighted by Gasteiger charge is -1.92. The van der Waals surface area contributed by atoms with Crippen molar-refractivity contribution in [3.8, 4) is 0 Å². The van der Waals surface area contributed by atoms with Gasteiger partial charge in [-0.3, -0.25) is 0 Å². The number of carbonyl (C=O) groups excluding carboxylic acids is 1. The molecular formula is C9H15NO5. The maximum absolute atomic E-state index is 10.3. The van der Waals surface area contributed by atoms with Crippen LogP contribution in [-0.4, -0.2) is 35.4 Å². The third-order valence-corrected chi connectivity index (χ3v) is 0.927. The lowest BCUT2D eigenvalue weighted by molar-refractivity contribution is -0.133. The number of ether oxygens (including phenoxy) is 1. The molecule has 0 atom stereocenters. The van der Waals surface area contributed by atoms with Gasteiger partial charge in [0, 0.05) is 12.1 Å². The fourth-order valence-corrected chi connectivity index (χ4v) is 0.339. The first-order chi connectivity index (χ1) is 6.95. The van der Waals surface area contributed by atoms with Gasteiger partial charge in [-0.2, -0.15) is 0 Å². The molecule has 0 aliphatic rings. The molecule has 0 saturated carbocycles. The molecule has 0 bridgehead atoms. The van der Waals surface area contributed by atoms with Gasteiger partial charge in [-0.15, -0.1) is 0 Å². The van der Waals surface area contributed by atoms with Crippen molar-refractivity contribution in [2.24, 2.45) is 0 Å². The molecule has 0 aliphatic carbocycles. The van der Waals surface area contributed by atoms with Gasteiger partial charge in [0.25, 0.3) is 0 Å². The molecule has 0 unspecified atom stereocenters. The van der Waals surface area contributed by atoms with Crippen LogP contribution < -0.4 is 5.32 Å². The molecule has 15 heavy (non-hydrogen) atoms. The highest BCUT2D eigenvalue weighted by Gasteiger charge is 1.97. The van der Waals surface area contributed by atoms with E-state index in [0.717, 1.165) is 6.26 Å². The van der Waals surface area contributed by atoms with Crippen molar-refractivity contribution in [1.29, 1.82) is 0 Å². The minimum Gasteiger partial charge on any atom is -0.465 e. The maximum Gasteiger partial charge on any atom is 0.404 e. The van der Waals surface area contributed by atoms with Gasteiger partial charge in [-0.1, -0.05) is 13.2 Å². The van der Waals surface area contributed by atoms with Crippen molar-refractivity contribution in [3.63, 3.8) is 0 Å². The van der Waals surface area contributed by atoms with Crippen LogP contribution in [0.2, 0.25) is 0 Å². The Morgan fingerprint density at radius 2 is 2.07 bits per heavy atom. The van der Waals surface area contributed by atoms with Crippen molar-refractivity contribution in [2.45, 2.75) is 6.92 Å². The van der Waals surface area contributed by atoms with Crippen molar-refractivity contribution in [1.82, 2.24) is 5.32 Å². The van der Waals surface area contributed by atoms with Gasteiger partial charge in [-0.05, 0) is 6.92 Å². The summed E-state index contributed by atoms with van der Waals surface area (Å²) in [6.07, 6.45) is -0.0224. The maximum atomic E-state index is 10.3. The lowest BCUT2D eigenvalue weighted by Crippen LogP contribution is -2.23. The molecule has 6 nitrogen and oxygen atoms in total. The topological polar surface area (TPSA) is 95.9 Å². The molecule has 0 heterocycles. The Balaban J connectivity index is 0. The number of hydrogen-bond donors (Lipinski definition) is 3. The number of nitrogens with one attached hydrogen (secondary N) is 1. The van der Waals surface area contributed by atoms with Crippen molar-refractivity contribution in [3.05, 3.63) is 25.0 Å². The SMILES string of the molecule is C=COC(=O)C(=C)C.O=C(O)NCCO. The molecule has 86 valence electrons. The smallest absolute Gasteiger partial charge is 0.404 e. The summed E-state index contributed by atoms with van der Waals surface area (Å²) >= 11 is 0. The van der Waals surface area contributed by atoms with Gasteiger partial charge in [0.2, 0.25) is 0 Å². The van der Waals surface area contributed by atoms with Gasteiger partial charge < -0.3 is 20.3 Å². The van der Waals surface area contributed by atoms with Crippen LogP contribution in [0.1, 0.15) is 6.92 Å². The summed E-state index contributed by atoms with van der Waals surface area (Å²) in [7, 11) is 0. The monoisotopic (exact) mass is 217 g/mol. The zero-order chi connectivity index (χ0) is 12.3. The Hall–Kier alpha value is -1.82. The number of aliphatic hydroxyl groups excluding tert-OH is 1. The van der Waals surface area contributed by atoms with E-state index >= 15 is 0 Å². The predicted molar refractivity (Wildman–Crippen MR) is 54.2 cm³/mol. The Labute approximate surface area is 87.9 Å². The molecule has 0 rings (SSSR count). The zero-order valence-electron chi connectivity index (χ0n) is 8.52. The third kappa shape index (κ3) is 15.0. The number of hydrogen-bond acceptors (Lipinski definition) is 4. The molecule has 0 spiro atoms. The fraction of sp³-hybridized carbons (Fsp3) is 0.333. The van der Waals surface area contributed by atoms with E-state index in [0.29, 0.717) is 5.57 Å². The first kappa shape index (κ1) is 15.6. The number of rotatable bonds is 4. The number of carbonyl (C=O) groups is 2. The Bertz CT molecular complexity index is 237. The van der Waals surface area contributed by atoms with Crippen molar-refractivity contribution >= 4 is 12.1 Å². The summed E-state index contributed by atoms with van der Waals surface area (Å²) in [5, 5.41) is 17.8. The third-order valence-electron chi connectivity index (χ3n) is 0.927. The summed E-state index contributed by atoms with van der Waals surface area (Å²) in [4.78, 5) is 19.9. The average Bonchev–Trinajstić information content (AvgIpc) is 2.16. The van der Waals surface area contributed by atoms with Crippen LogP contribution in [-0.2, 0) is 9.53 Å². The Morgan fingerprint density at radius 1 is 1.53 bits per heavy atom. The second kappa shape index (κ2) is 10.3. The van der Waals surface area contributed by atoms with E-state index in [-0.39, 0.29) is 13.2 Å². The fourth-order valence-electron chi connectivity index (χ4n) is 0.339. The quantitative estimate of drug-likeness (QED) is 0.362. The van der Waals surface area contributed by atoms with Gasteiger partial charge in [0.15, 0.2) is 0 Å². The van der Waals surface area contributed by atoms with E-state index in [1.165, 1.54) is 0 Å². The van der Waals surface area contributed by atoms with E-state index in [4.69, 9.17) is 10.2 Å². The summed E-state index contributed by atoms with van der Waals surface area (Å²) in [5.74, 6) is -0.431. The van der Waals surface area contributed by atoms with E-state index < -0.39 is 12.1 Å². The molecule has 6 heteroatoms. The lowest BCUT2D eigenvalue weighted by atomic mass is 10.4. The van der Waals surface area contributed by atoms with Crippen molar-refractivity contribution in [2.75, 3.05) is 13.2 Å². The van der Waals surface area contributed by atoms with Crippen LogP contribution in [0.25, 0.3) is 0 Å². The molecule has 3 N–H and O–H groups in total. The summed E-state index contributed by atoms with van der Waals surface area (Å²) in [6.45, 7) is 8.09. The van der Waals surface area contributed by atoms with Crippen LogP contribution in [0.3, 0.4) is 0 Å². The first-order valence-corrected chi connectivity index (χ1v) is 4.00. The number of esters is 1. The minimum atomic E-state index is -1.10.